The highest BCUT2D eigenvalue weighted by atomic mass is 35.5. The number of para-hydroxylation sites is 1. The molecule has 0 radical (unpaired) electrons. The highest BCUT2D eigenvalue weighted by Crippen LogP contribution is 2.33. The Bertz CT molecular complexity index is 1130. The first-order valence-corrected chi connectivity index (χ1v) is 11.9. The number of thioether (sulfide) groups is 1. The van der Waals surface area contributed by atoms with Gasteiger partial charge in [0.25, 0.3) is 5.91 Å². The molecule has 0 fully saturated rings. The molecule has 0 bridgehead atoms. The largest absolute Gasteiger partial charge is 0.355 e. The quantitative estimate of drug-likeness (QED) is 0.443. The molecule has 1 aliphatic rings. The van der Waals surface area contributed by atoms with Gasteiger partial charge in [0.15, 0.2) is 5.82 Å². The molecule has 1 aromatic carbocycles. The number of nitrogens with zero attached hydrogens (tertiary/aromatic N) is 3. The summed E-state index contributed by atoms with van der Waals surface area (Å²) in [5.74, 6) is 3.06. The Morgan fingerprint density at radius 2 is 2.03 bits per heavy atom. The van der Waals surface area contributed by atoms with E-state index in [9.17, 15) is 4.79 Å². The zero-order chi connectivity index (χ0) is 22.5. The summed E-state index contributed by atoms with van der Waals surface area (Å²) in [6.07, 6.45) is 4.88. The molecule has 0 spiro atoms. The fourth-order valence-electron chi connectivity index (χ4n) is 3.58. The number of nitrogens with one attached hydrogen (secondary N) is 3. The fourth-order valence-corrected chi connectivity index (χ4v) is 4.85. The Kier molecular flexibility index (Phi) is 7.12. The van der Waals surface area contributed by atoms with Crippen molar-refractivity contribution in [3.8, 4) is 0 Å². The van der Waals surface area contributed by atoms with Crippen LogP contribution in [-0.2, 0) is 6.42 Å². The second kappa shape index (κ2) is 10.2. The maximum absolute atomic E-state index is 12.2. The molecule has 9 heteroatoms. The van der Waals surface area contributed by atoms with Crippen LogP contribution in [0.25, 0.3) is 0 Å². The summed E-state index contributed by atoms with van der Waals surface area (Å²) in [4.78, 5) is 27.0. The van der Waals surface area contributed by atoms with Crippen molar-refractivity contribution < 1.29 is 4.79 Å². The number of amides is 1. The predicted molar refractivity (Wildman–Crippen MR) is 131 cm³/mol. The lowest BCUT2D eigenvalue weighted by atomic mass is 9.97. The predicted octanol–water partition coefficient (Wildman–Crippen LogP) is 5.44. The Morgan fingerprint density at radius 1 is 1.19 bits per heavy atom. The van der Waals surface area contributed by atoms with E-state index in [1.54, 1.807) is 25.2 Å². The van der Waals surface area contributed by atoms with Gasteiger partial charge in [-0.05, 0) is 48.8 Å². The molecule has 4 rings (SSSR count). The van der Waals surface area contributed by atoms with E-state index in [2.05, 4.69) is 38.9 Å². The Hall–Kier alpha value is -2.84. The molecule has 166 valence electrons. The molecule has 1 atom stereocenters. The van der Waals surface area contributed by atoms with Crippen LogP contribution in [-0.4, -0.2) is 33.7 Å². The molecule has 3 aromatic rings. The molecule has 0 saturated carbocycles. The van der Waals surface area contributed by atoms with Crippen LogP contribution >= 0.6 is 23.4 Å². The summed E-state index contributed by atoms with van der Waals surface area (Å²) in [5, 5.41) is 9.32. The second-order valence-corrected chi connectivity index (χ2v) is 9.07. The van der Waals surface area contributed by atoms with Crippen LogP contribution in [0.5, 0.6) is 0 Å². The van der Waals surface area contributed by atoms with Crippen LogP contribution in [0, 0.1) is 5.92 Å². The van der Waals surface area contributed by atoms with Gasteiger partial charge >= 0.3 is 0 Å². The van der Waals surface area contributed by atoms with Gasteiger partial charge in [-0.3, -0.25) is 4.79 Å². The van der Waals surface area contributed by atoms with Gasteiger partial charge in [-0.15, -0.1) is 11.8 Å². The van der Waals surface area contributed by atoms with Gasteiger partial charge in [-0.1, -0.05) is 37.1 Å². The van der Waals surface area contributed by atoms with E-state index in [1.807, 2.05) is 23.9 Å². The van der Waals surface area contributed by atoms with Gasteiger partial charge in [0.2, 0.25) is 5.95 Å². The zero-order valence-corrected chi connectivity index (χ0v) is 19.6. The summed E-state index contributed by atoms with van der Waals surface area (Å²) in [5.41, 5.74) is 2.22. The Labute approximate surface area is 196 Å². The number of benzene rings is 1. The standard InChI is InChI=1S/C23H25ClN6OS/c1-3-14-10-11-32-19-8-9-20(27-18(19)12-14)29-23-26-13-16(24)21(30-23)28-17-7-5-4-6-15(17)22(31)25-2/h4-9,13-14H,3,10-12H2,1-2H3,(H,25,31)(H2,26,27,28,29,30). The normalized spacial score (nSPS) is 15.4. The maximum atomic E-state index is 12.2. The molecule has 3 heterocycles. The van der Waals surface area contributed by atoms with Crippen LogP contribution in [0.1, 0.15) is 35.8 Å². The highest BCUT2D eigenvalue weighted by Gasteiger charge is 2.18. The zero-order valence-electron chi connectivity index (χ0n) is 18.0. The third-order valence-electron chi connectivity index (χ3n) is 5.41. The van der Waals surface area contributed by atoms with E-state index in [1.165, 1.54) is 17.5 Å². The van der Waals surface area contributed by atoms with Crippen molar-refractivity contribution in [1.29, 1.82) is 0 Å². The van der Waals surface area contributed by atoms with E-state index in [0.29, 0.717) is 39.8 Å². The molecule has 1 unspecified atom stereocenters. The van der Waals surface area contributed by atoms with E-state index in [-0.39, 0.29) is 5.91 Å². The van der Waals surface area contributed by atoms with Crippen molar-refractivity contribution in [1.82, 2.24) is 20.3 Å². The van der Waals surface area contributed by atoms with Crippen LogP contribution in [0.3, 0.4) is 0 Å². The van der Waals surface area contributed by atoms with Gasteiger partial charge in [0, 0.05) is 11.9 Å². The first-order chi connectivity index (χ1) is 15.6. The number of rotatable bonds is 6. The number of hydrogen-bond acceptors (Lipinski definition) is 7. The van der Waals surface area contributed by atoms with Gasteiger partial charge in [0.1, 0.15) is 10.8 Å². The average molecular weight is 469 g/mol. The third-order valence-corrected chi connectivity index (χ3v) is 6.81. The molecular formula is C23H25ClN6OS. The van der Waals surface area contributed by atoms with E-state index < -0.39 is 0 Å². The van der Waals surface area contributed by atoms with Crippen molar-refractivity contribution in [3.05, 3.63) is 58.9 Å². The minimum atomic E-state index is -0.200. The van der Waals surface area contributed by atoms with Gasteiger partial charge < -0.3 is 16.0 Å². The minimum Gasteiger partial charge on any atom is -0.355 e. The lowest BCUT2D eigenvalue weighted by molar-refractivity contribution is 0.0964. The molecule has 7 nitrogen and oxygen atoms in total. The van der Waals surface area contributed by atoms with Crippen LogP contribution in [0.15, 0.2) is 47.5 Å². The number of aromatic nitrogens is 3. The van der Waals surface area contributed by atoms with Gasteiger partial charge in [-0.25, -0.2) is 9.97 Å². The minimum absolute atomic E-state index is 0.200. The van der Waals surface area contributed by atoms with Crippen LogP contribution in [0.4, 0.5) is 23.3 Å². The maximum Gasteiger partial charge on any atom is 0.253 e. The van der Waals surface area contributed by atoms with Gasteiger partial charge in [0.05, 0.1) is 23.1 Å². The number of carbonyl (C=O) groups is 1. The van der Waals surface area contributed by atoms with Crippen molar-refractivity contribution in [2.45, 2.75) is 31.1 Å². The highest BCUT2D eigenvalue weighted by molar-refractivity contribution is 7.99. The number of halogens is 1. The number of fused-ring (bicyclic) bond motifs is 1. The molecule has 1 amide bonds. The second-order valence-electron chi connectivity index (χ2n) is 7.52. The molecule has 0 saturated heterocycles. The average Bonchev–Trinajstić information content (AvgIpc) is 3.02. The summed E-state index contributed by atoms with van der Waals surface area (Å²) in [6, 6.07) is 11.2. The first kappa shape index (κ1) is 22.4. The molecule has 0 aliphatic carbocycles. The van der Waals surface area contributed by atoms with Crippen molar-refractivity contribution in [3.63, 3.8) is 0 Å². The van der Waals surface area contributed by atoms with E-state index in [4.69, 9.17) is 16.6 Å². The summed E-state index contributed by atoms with van der Waals surface area (Å²) in [7, 11) is 1.59. The lowest BCUT2D eigenvalue weighted by Gasteiger charge is -2.14. The summed E-state index contributed by atoms with van der Waals surface area (Å²) in [6.45, 7) is 2.24. The van der Waals surface area contributed by atoms with E-state index >= 15 is 0 Å². The molecular weight excluding hydrogens is 444 g/mol. The SMILES string of the molecule is CCC1CCSc2ccc(Nc3ncc(Cl)c(Nc4ccccc4C(=O)NC)n3)nc2C1. The Balaban J connectivity index is 1.57. The van der Waals surface area contributed by atoms with E-state index in [0.717, 1.165) is 24.3 Å². The molecule has 32 heavy (non-hydrogen) atoms. The van der Waals surface area contributed by atoms with Crippen molar-refractivity contribution >= 4 is 52.5 Å². The van der Waals surface area contributed by atoms with Crippen molar-refractivity contribution in [2.24, 2.45) is 5.92 Å². The third kappa shape index (κ3) is 5.14. The smallest absolute Gasteiger partial charge is 0.253 e. The summed E-state index contributed by atoms with van der Waals surface area (Å²) < 4.78 is 0. The monoisotopic (exact) mass is 468 g/mol. The lowest BCUT2D eigenvalue weighted by Crippen LogP contribution is -2.19. The molecule has 2 aromatic heterocycles. The summed E-state index contributed by atoms with van der Waals surface area (Å²) >= 11 is 8.20. The van der Waals surface area contributed by atoms with Crippen LogP contribution in [0.2, 0.25) is 5.02 Å². The fraction of sp³-hybridized carbons (Fsp3) is 0.304. The number of carbonyl (C=O) groups excluding carboxylic acids is 1. The van der Waals surface area contributed by atoms with Crippen molar-refractivity contribution in [2.75, 3.05) is 23.4 Å². The van der Waals surface area contributed by atoms with Crippen LogP contribution < -0.4 is 16.0 Å². The van der Waals surface area contributed by atoms with Gasteiger partial charge in [-0.2, -0.15) is 4.98 Å². The molecule has 3 N–H and O–H groups in total. The number of anilines is 4. The number of pyridine rings is 1. The first-order valence-electron chi connectivity index (χ1n) is 10.6. The number of hydrogen-bond donors (Lipinski definition) is 3. The Morgan fingerprint density at radius 3 is 2.84 bits per heavy atom. The molecule has 1 aliphatic heterocycles. The topological polar surface area (TPSA) is 91.8 Å².